The van der Waals surface area contributed by atoms with Gasteiger partial charge in [0.2, 0.25) is 5.91 Å². The summed E-state index contributed by atoms with van der Waals surface area (Å²) in [4.78, 5) is 22.2. The van der Waals surface area contributed by atoms with Crippen LogP contribution in [0, 0.1) is 5.41 Å². The lowest BCUT2D eigenvalue weighted by Gasteiger charge is -2.22. The Bertz CT molecular complexity index is 282. The Hall–Kier alpha value is -1.10. The van der Waals surface area contributed by atoms with Crippen molar-refractivity contribution in [2.45, 2.75) is 45.6 Å². The summed E-state index contributed by atoms with van der Waals surface area (Å²) in [7, 11) is 0. The first-order chi connectivity index (χ1) is 7.89. The second-order valence-corrected chi connectivity index (χ2v) is 5.35. The van der Waals surface area contributed by atoms with E-state index in [1.54, 1.807) is 13.8 Å². The lowest BCUT2D eigenvalue weighted by molar-refractivity contribution is -0.139. The molecule has 1 unspecified atom stereocenters. The fourth-order valence-corrected chi connectivity index (χ4v) is 2.00. The molecule has 0 saturated carbocycles. The summed E-state index contributed by atoms with van der Waals surface area (Å²) in [5.74, 6) is -0.978. The van der Waals surface area contributed by atoms with Crippen molar-refractivity contribution in [3.63, 3.8) is 0 Å². The Morgan fingerprint density at radius 2 is 2.12 bits per heavy atom. The second kappa shape index (κ2) is 6.00. The number of hydrogen-bond donors (Lipinski definition) is 2. The van der Waals surface area contributed by atoms with E-state index < -0.39 is 11.4 Å². The number of carbonyl (C=O) groups excluding carboxylic acids is 1. The molecular weight excluding hydrogens is 222 g/mol. The lowest BCUT2D eigenvalue weighted by atomic mass is 9.85. The van der Waals surface area contributed by atoms with Crippen molar-refractivity contribution in [1.82, 2.24) is 5.32 Å². The van der Waals surface area contributed by atoms with E-state index in [0.717, 1.165) is 19.4 Å². The van der Waals surface area contributed by atoms with Gasteiger partial charge in [-0.3, -0.25) is 9.59 Å². The van der Waals surface area contributed by atoms with E-state index in [4.69, 9.17) is 9.84 Å². The molecule has 5 nitrogen and oxygen atoms in total. The summed E-state index contributed by atoms with van der Waals surface area (Å²) >= 11 is 0. The molecule has 0 aliphatic carbocycles. The van der Waals surface area contributed by atoms with Gasteiger partial charge in [-0.05, 0) is 18.3 Å². The standard InChI is InChI=1S/C12H21NO4/c1-12(2,7-11(15)16)6-10(14)13-8-9-4-3-5-17-9/h9H,3-8H2,1-2H3,(H,13,14)(H,15,16). The SMILES string of the molecule is CC(C)(CC(=O)O)CC(=O)NCC1CCCO1. The molecule has 5 heteroatoms. The van der Waals surface area contributed by atoms with Gasteiger partial charge in [0.15, 0.2) is 0 Å². The molecule has 2 N–H and O–H groups in total. The van der Waals surface area contributed by atoms with Crippen molar-refractivity contribution in [2.24, 2.45) is 5.41 Å². The van der Waals surface area contributed by atoms with E-state index >= 15 is 0 Å². The third kappa shape index (κ3) is 5.68. The van der Waals surface area contributed by atoms with Gasteiger partial charge in [-0.15, -0.1) is 0 Å². The highest BCUT2D eigenvalue weighted by Crippen LogP contribution is 2.24. The van der Waals surface area contributed by atoms with Crippen LogP contribution in [0.2, 0.25) is 0 Å². The van der Waals surface area contributed by atoms with Gasteiger partial charge in [-0.2, -0.15) is 0 Å². The number of rotatable bonds is 6. The minimum Gasteiger partial charge on any atom is -0.481 e. The normalized spacial score (nSPS) is 20.2. The molecule has 0 radical (unpaired) electrons. The maximum absolute atomic E-state index is 11.6. The number of carbonyl (C=O) groups is 2. The van der Waals surface area contributed by atoms with Gasteiger partial charge < -0.3 is 15.2 Å². The number of carboxylic acids is 1. The maximum atomic E-state index is 11.6. The zero-order valence-corrected chi connectivity index (χ0v) is 10.5. The van der Waals surface area contributed by atoms with Crippen LogP contribution in [0.5, 0.6) is 0 Å². The molecule has 1 amide bonds. The smallest absolute Gasteiger partial charge is 0.303 e. The molecule has 0 bridgehead atoms. The summed E-state index contributed by atoms with van der Waals surface area (Å²) in [5.41, 5.74) is -0.507. The van der Waals surface area contributed by atoms with Crippen molar-refractivity contribution in [3.8, 4) is 0 Å². The van der Waals surface area contributed by atoms with Crippen LogP contribution in [0.1, 0.15) is 39.5 Å². The summed E-state index contributed by atoms with van der Waals surface area (Å²) in [6.45, 7) is 4.87. The first kappa shape index (κ1) is 14.0. The van der Waals surface area contributed by atoms with Gasteiger partial charge in [0, 0.05) is 19.6 Å². The van der Waals surface area contributed by atoms with E-state index in [-0.39, 0.29) is 24.9 Å². The number of hydrogen-bond acceptors (Lipinski definition) is 3. The Kier molecular flexibility index (Phi) is 4.93. The second-order valence-electron chi connectivity index (χ2n) is 5.35. The van der Waals surface area contributed by atoms with E-state index in [1.807, 2.05) is 0 Å². The molecule has 17 heavy (non-hydrogen) atoms. The molecule has 1 fully saturated rings. The zero-order chi connectivity index (χ0) is 12.9. The van der Waals surface area contributed by atoms with Gasteiger partial charge in [0.1, 0.15) is 0 Å². The average Bonchev–Trinajstić information content (AvgIpc) is 2.63. The molecule has 0 aromatic carbocycles. The number of nitrogens with one attached hydrogen (secondary N) is 1. The van der Waals surface area contributed by atoms with Crippen molar-refractivity contribution in [3.05, 3.63) is 0 Å². The molecule has 0 spiro atoms. The number of carboxylic acid groups (broad SMARTS) is 1. The highest BCUT2D eigenvalue weighted by molar-refractivity contribution is 5.77. The molecule has 0 aromatic rings. The predicted octanol–water partition coefficient (Wildman–Crippen LogP) is 1.17. The van der Waals surface area contributed by atoms with Crippen LogP contribution in [-0.4, -0.2) is 36.2 Å². The van der Waals surface area contributed by atoms with Crippen molar-refractivity contribution >= 4 is 11.9 Å². The summed E-state index contributed by atoms with van der Waals surface area (Å²) in [5, 5.41) is 11.5. The number of aliphatic carboxylic acids is 1. The average molecular weight is 243 g/mol. The van der Waals surface area contributed by atoms with Crippen LogP contribution >= 0.6 is 0 Å². The number of ether oxygens (including phenoxy) is 1. The van der Waals surface area contributed by atoms with Crippen LogP contribution in [0.4, 0.5) is 0 Å². The van der Waals surface area contributed by atoms with Crippen molar-refractivity contribution in [1.29, 1.82) is 0 Å². The van der Waals surface area contributed by atoms with Gasteiger partial charge >= 0.3 is 5.97 Å². The molecule has 1 aliphatic heterocycles. The maximum Gasteiger partial charge on any atom is 0.303 e. The molecule has 1 aliphatic rings. The van der Waals surface area contributed by atoms with Gasteiger partial charge in [0.25, 0.3) is 0 Å². The third-order valence-electron chi connectivity index (χ3n) is 2.82. The van der Waals surface area contributed by atoms with Crippen molar-refractivity contribution in [2.75, 3.05) is 13.2 Å². The zero-order valence-electron chi connectivity index (χ0n) is 10.5. The highest BCUT2D eigenvalue weighted by atomic mass is 16.5. The summed E-state index contributed by atoms with van der Waals surface area (Å²) < 4.78 is 5.39. The minimum atomic E-state index is -0.873. The first-order valence-corrected chi connectivity index (χ1v) is 5.99. The lowest BCUT2D eigenvalue weighted by Crippen LogP contribution is -2.35. The van der Waals surface area contributed by atoms with Gasteiger partial charge in [-0.25, -0.2) is 0 Å². The van der Waals surface area contributed by atoms with E-state index in [9.17, 15) is 9.59 Å². The Balaban J connectivity index is 2.25. The van der Waals surface area contributed by atoms with Crippen LogP contribution in [-0.2, 0) is 14.3 Å². The molecule has 1 atom stereocenters. The fraction of sp³-hybridized carbons (Fsp3) is 0.833. The van der Waals surface area contributed by atoms with E-state index in [2.05, 4.69) is 5.32 Å². The van der Waals surface area contributed by atoms with Crippen LogP contribution in [0.3, 0.4) is 0 Å². The van der Waals surface area contributed by atoms with E-state index in [0.29, 0.717) is 6.54 Å². The topological polar surface area (TPSA) is 75.6 Å². The van der Waals surface area contributed by atoms with Gasteiger partial charge in [-0.1, -0.05) is 13.8 Å². The Morgan fingerprint density at radius 1 is 1.41 bits per heavy atom. The molecule has 0 aromatic heterocycles. The quantitative estimate of drug-likeness (QED) is 0.734. The minimum absolute atomic E-state index is 0.000346. The Labute approximate surface area is 102 Å². The molecule has 1 rings (SSSR count). The van der Waals surface area contributed by atoms with Crippen molar-refractivity contribution < 1.29 is 19.4 Å². The third-order valence-corrected chi connectivity index (χ3v) is 2.82. The largest absolute Gasteiger partial charge is 0.481 e. The predicted molar refractivity (Wildman–Crippen MR) is 62.6 cm³/mol. The number of amides is 1. The van der Waals surface area contributed by atoms with Crippen LogP contribution in [0.25, 0.3) is 0 Å². The first-order valence-electron chi connectivity index (χ1n) is 5.99. The van der Waals surface area contributed by atoms with Gasteiger partial charge in [0.05, 0.1) is 12.5 Å². The summed E-state index contributed by atoms with van der Waals surface area (Å²) in [6, 6.07) is 0. The fourth-order valence-electron chi connectivity index (χ4n) is 2.00. The monoisotopic (exact) mass is 243 g/mol. The van der Waals surface area contributed by atoms with Crippen LogP contribution < -0.4 is 5.32 Å². The van der Waals surface area contributed by atoms with E-state index in [1.165, 1.54) is 0 Å². The molecule has 1 heterocycles. The van der Waals surface area contributed by atoms with Crippen LogP contribution in [0.15, 0.2) is 0 Å². The molecule has 1 saturated heterocycles. The molecule has 98 valence electrons. The molecular formula is C12H21NO4. The Morgan fingerprint density at radius 3 is 2.65 bits per heavy atom. The highest BCUT2D eigenvalue weighted by Gasteiger charge is 2.25. The summed E-state index contributed by atoms with van der Waals surface area (Å²) in [6.07, 6.45) is 2.39.